The summed E-state index contributed by atoms with van der Waals surface area (Å²) in [5.41, 5.74) is 13.1. The van der Waals surface area contributed by atoms with E-state index < -0.39 is 0 Å². The molecule has 55 heavy (non-hydrogen) atoms. The molecule has 0 aliphatic rings. The van der Waals surface area contributed by atoms with Gasteiger partial charge in [0.1, 0.15) is 0 Å². The first-order chi connectivity index (χ1) is 27.3. The van der Waals surface area contributed by atoms with Gasteiger partial charge in [-0.2, -0.15) is 0 Å². The zero-order valence-corrected chi connectivity index (χ0v) is 30.3. The van der Waals surface area contributed by atoms with E-state index in [4.69, 9.17) is 0 Å². The Bertz CT molecular complexity index is 2940. The SMILES string of the molecule is c1ccc(N(c2ccc(-c3cc(-c4cccc5ccccc45)ccc3-c3cccc4ccccc34)cc2)c2ccc(-c3cccc4ccccc34)cc2)cc1. The van der Waals surface area contributed by atoms with Crippen molar-refractivity contribution in [2.24, 2.45) is 0 Å². The molecule has 0 heterocycles. The van der Waals surface area contributed by atoms with E-state index in [1.54, 1.807) is 0 Å². The van der Waals surface area contributed by atoms with Gasteiger partial charge in [-0.1, -0.05) is 182 Å². The lowest BCUT2D eigenvalue weighted by molar-refractivity contribution is 1.28. The van der Waals surface area contributed by atoms with Crippen molar-refractivity contribution < 1.29 is 0 Å². The highest BCUT2D eigenvalue weighted by Crippen LogP contribution is 2.42. The van der Waals surface area contributed by atoms with Crippen LogP contribution >= 0.6 is 0 Å². The second-order valence-electron chi connectivity index (χ2n) is 14.1. The van der Waals surface area contributed by atoms with E-state index in [1.165, 1.54) is 76.8 Å². The third kappa shape index (κ3) is 6.02. The molecule has 258 valence electrons. The van der Waals surface area contributed by atoms with Crippen molar-refractivity contribution in [1.29, 1.82) is 0 Å². The molecule has 0 N–H and O–H groups in total. The first-order valence-corrected chi connectivity index (χ1v) is 18.9. The molecular weight excluding hydrogens is 663 g/mol. The molecule has 0 fully saturated rings. The molecule has 0 bridgehead atoms. The van der Waals surface area contributed by atoms with Gasteiger partial charge in [0.2, 0.25) is 0 Å². The van der Waals surface area contributed by atoms with E-state index >= 15 is 0 Å². The molecule has 0 saturated carbocycles. The van der Waals surface area contributed by atoms with Crippen LogP contribution in [0.25, 0.3) is 76.8 Å². The number of benzene rings is 10. The van der Waals surface area contributed by atoms with Crippen molar-refractivity contribution in [1.82, 2.24) is 0 Å². The summed E-state index contributed by atoms with van der Waals surface area (Å²) < 4.78 is 0. The Morgan fingerprint density at radius 1 is 0.218 bits per heavy atom. The van der Waals surface area contributed by atoms with E-state index in [1.807, 2.05) is 0 Å². The summed E-state index contributed by atoms with van der Waals surface area (Å²) >= 11 is 0. The fourth-order valence-electron chi connectivity index (χ4n) is 8.20. The summed E-state index contributed by atoms with van der Waals surface area (Å²) in [5.74, 6) is 0. The molecule has 0 atom stereocenters. The minimum atomic E-state index is 1.10. The maximum absolute atomic E-state index is 2.38. The number of hydrogen-bond donors (Lipinski definition) is 0. The summed E-state index contributed by atoms with van der Waals surface area (Å²) in [6.07, 6.45) is 0. The van der Waals surface area contributed by atoms with Crippen LogP contribution in [0.15, 0.2) is 224 Å². The molecule has 0 unspecified atom stereocenters. The van der Waals surface area contributed by atoms with Crippen LogP contribution in [0, 0.1) is 0 Å². The average molecular weight is 700 g/mol. The van der Waals surface area contributed by atoms with Crippen LogP contribution in [0.2, 0.25) is 0 Å². The fraction of sp³-hybridized carbons (Fsp3) is 0. The largest absolute Gasteiger partial charge is 0.311 e. The van der Waals surface area contributed by atoms with Gasteiger partial charge in [0, 0.05) is 17.1 Å². The monoisotopic (exact) mass is 699 g/mol. The second kappa shape index (κ2) is 14.0. The van der Waals surface area contributed by atoms with Crippen LogP contribution in [-0.2, 0) is 0 Å². The van der Waals surface area contributed by atoms with Crippen LogP contribution in [0.1, 0.15) is 0 Å². The molecule has 0 aliphatic heterocycles. The molecule has 1 nitrogen and oxygen atoms in total. The topological polar surface area (TPSA) is 3.24 Å². The van der Waals surface area contributed by atoms with Gasteiger partial charge in [-0.05, 0) is 119 Å². The van der Waals surface area contributed by atoms with Crippen molar-refractivity contribution in [3.8, 4) is 44.5 Å². The number of nitrogens with zero attached hydrogens (tertiary/aromatic N) is 1. The van der Waals surface area contributed by atoms with E-state index in [9.17, 15) is 0 Å². The smallest absolute Gasteiger partial charge is 0.0462 e. The van der Waals surface area contributed by atoms with Crippen molar-refractivity contribution in [2.75, 3.05) is 4.90 Å². The molecular formula is C54H37N. The Kier molecular flexibility index (Phi) is 8.24. The van der Waals surface area contributed by atoms with E-state index in [0.717, 1.165) is 17.1 Å². The lowest BCUT2D eigenvalue weighted by Gasteiger charge is -2.26. The zero-order valence-electron chi connectivity index (χ0n) is 30.3. The van der Waals surface area contributed by atoms with Crippen LogP contribution in [0.3, 0.4) is 0 Å². The average Bonchev–Trinajstić information content (AvgIpc) is 3.27. The number of anilines is 3. The predicted octanol–water partition coefficient (Wildman–Crippen LogP) is 15.3. The Hall–Kier alpha value is -7.22. The molecule has 0 radical (unpaired) electrons. The third-order valence-corrected chi connectivity index (χ3v) is 10.9. The molecule has 1 heteroatoms. The Morgan fingerprint density at radius 2 is 0.600 bits per heavy atom. The van der Waals surface area contributed by atoms with Crippen molar-refractivity contribution in [2.45, 2.75) is 0 Å². The highest BCUT2D eigenvalue weighted by Gasteiger charge is 2.17. The molecule has 0 saturated heterocycles. The van der Waals surface area contributed by atoms with Crippen LogP contribution in [0.5, 0.6) is 0 Å². The number of fused-ring (bicyclic) bond motifs is 3. The van der Waals surface area contributed by atoms with Crippen molar-refractivity contribution in [3.05, 3.63) is 224 Å². The summed E-state index contributed by atoms with van der Waals surface area (Å²) in [4.78, 5) is 2.34. The summed E-state index contributed by atoms with van der Waals surface area (Å²) in [7, 11) is 0. The van der Waals surface area contributed by atoms with Gasteiger partial charge >= 0.3 is 0 Å². The first kappa shape index (κ1) is 32.4. The molecule has 0 aromatic heterocycles. The van der Waals surface area contributed by atoms with Gasteiger partial charge in [-0.25, -0.2) is 0 Å². The van der Waals surface area contributed by atoms with E-state index in [2.05, 4.69) is 229 Å². The summed E-state index contributed by atoms with van der Waals surface area (Å²) in [5, 5.41) is 7.51. The predicted molar refractivity (Wildman–Crippen MR) is 235 cm³/mol. The van der Waals surface area contributed by atoms with Crippen LogP contribution in [0.4, 0.5) is 17.1 Å². The second-order valence-corrected chi connectivity index (χ2v) is 14.1. The van der Waals surface area contributed by atoms with Crippen molar-refractivity contribution in [3.63, 3.8) is 0 Å². The summed E-state index contributed by atoms with van der Waals surface area (Å²) in [6, 6.07) is 81.4. The highest BCUT2D eigenvalue weighted by molar-refractivity contribution is 6.03. The number of hydrogen-bond acceptors (Lipinski definition) is 1. The number of para-hydroxylation sites is 1. The highest BCUT2D eigenvalue weighted by atomic mass is 15.1. The van der Waals surface area contributed by atoms with Gasteiger partial charge in [0.05, 0.1) is 0 Å². The van der Waals surface area contributed by atoms with Gasteiger partial charge in [-0.3, -0.25) is 0 Å². The van der Waals surface area contributed by atoms with Gasteiger partial charge < -0.3 is 4.90 Å². The van der Waals surface area contributed by atoms with Crippen LogP contribution < -0.4 is 4.90 Å². The van der Waals surface area contributed by atoms with E-state index in [0.29, 0.717) is 0 Å². The molecule has 10 rings (SSSR count). The lowest BCUT2D eigenvalue weighted by atomic mass is 9.88. The molecule has 0 spiro atoms. The van der Waals surface area contributed by atoms with Gasteiger partial charge in [-0.15, -0.1) is 0 Å². The molecule has 0 aliphatic carbocycles. The molecule has 0 amide bonds. The Labute approximate surface area is 322 Å². The quantitative estimate of drug-likeness (QED) is 0.160. The first-order valence-electron chi connectivity index (χ1n) is 18.9. The number of rotatable bonds is 7. The maximum atomic E-state index is 2.38. The Morgan fingerprint density at radius 3 is 1.15 bits per heavy atom. The molecule has 10 aromatic rings. The van der Waals surface area contributed by atoms with Gasteiger partial charge in [0.15, 0.2) is 0 Å². The minimum Gasteiger partial charge on any atom is -0.311 e. The van der Waals surface area contributed by atoms with Gasteiger partial charge in [0.25, 0.3) is 0 Å². The minimum absolute atomic E-state index is 1.10. The maximum Gasteiger partial charge on any atom is 0.0462 e. The normalized spacial score (nSPS) is 11.3. The fourth-order valence-corrected chi connectivity index (χ4v) is 8.20. The standard InChI is InChI=1S/C54H37N/c1-2-19-44(20-3-1)55(45-32-27-41(28-33-45)49-24-10-16-38-13-4-7-21-47(38)49)46-34-29-42(30-35-46)54-37-43(51-25-11-17-39-14-5-8-22-48(39)51)31-36-53(54)52-26-12-18-40-15-6-9-23-50(40)52/h1-37H. The molecule has 10 aromatic carbocycles. The summed E-state index contributed by atoms with van der Waals surface area (Å²) in [6.45, 7) is 0. The van der Waals surface area contributed by atoms with E-state index in [-0.39, 0.29) is 0 Å². The third-order valence-electron chi connectivity index (χ3n) is 10.9. The Balaban J connectivity index is 1.09. The van der Waals surface area contributed by atoms with Crippen LogP contribution in [-0.4, -0.2) is 0 Å². The zero-order chi connectivity index (χ0) is 36.6. The lowest BCUT2D eigenvalue weighted by Crippen LogP contribution is -2.09. The van der Waals surface area contributed by atoms with Crippen molar-refractivity contribution >= 4 is 49.4 Å².